The summed E-state index contributed by atoms with van der Waals surface area (Å²) in [5, 5.41) is 0. The molecule has 1 unspecified atom stereocenters. The molecule has 0 spiro atoms. The van der Waals surface area contributed by atoms with Gasteiger partial charge in [0.05, 0.1) is 0 Å². The fourth-order valence-electron chi connectivity index (χ4n) is 4.45. The molecule has 37 heavy (non-hydrogen) atoms. The highest BCUT2D eigenvalue weighted by Gasteiger charge is 2.35. The van der Waals surface area contributed by atoms with Crippen LogP contribution < -0.4 is 0 Å². The van der Waals surface area contributed by atoms with Crippen molar-refractivity contribution in [1.29, 1.82) is 0 Å². The summed E-state index contributed by atoms with van der Waals surface area (Å²) in [6.45, 7) is 17.8. The van der Waals surface area contributed by atoms with Crippen LogP contribution in [0.4, 0.5) is 0 Å². The summed E-state index contributed by atoms with van der Waals surface area (Å²) in [5.41, 5.74) is 6.38. The van der Waals surface area contributed by atoms with Crippen LogP contribution in [0.2, 0.25) is 0 Å². The third-order valence-corrected chi connectivity index (χ3v) is 6.40. The number of esters is 1. The highest BCUT2D eigenvalue weighted by atomic mass is 16.5. The Labute approximate surface area is 225 Å². The van der Waals surface area contributed by atoms with Crippen LogP contribution in [0.1, 0.15) is 81.6 Å². The Bertz CT molecular complexity index is 1090. The zero-order valence-corrected chi connectivity index (χ0v) is 24.4. The molecule has 0 heterocycles. The zero-order chi connectivity index (χ0) is 28.0. The van der Waals surface area contributed by atoms with E-state index in [0.717, 1.165) is 23.1 Å². The lowest BCUT2D eigenvalue weighted by Crippen LogP contribution is -2.32. The number of Topliss-reactive ketones (excluding diaryl/α,β-unsaturated/α-hetero) is 1. The van der Waals surface area contributed by atoms with E-state index in [0.29, 0.717) is 12.8 Å². The highest BCUT2D eigenvalue weighted by Crippen LogP contribution is 2.43. The second-order valence-corrected chi connectivity index (χ2v) is 10.6. The zero-order valence-electron chi connectivity index (χ0n) is 24.4. The van der Waals surface area contributed by atoms with Crippen LogP contribution in [-0.4, -0.2) is 17.9 Å². The fourth-order valence-corrected chi connectivity index (χ4v) is 4.45. The van der Waals surface area contributed by atoms with Crippen molar-refractivity contribution < 1.29 is 14.3 Å². The van der Waals surface area contributed by atoms with Gasteiger partial charge >= 0.3 is 5.97 Å². The van der Waals surface area contributed by atoms with Gasteiger partial charge in [-0.25, -0.2) is 0 Å². The van der Waals surface area contributed by atoms with Gasteiger partial charge in [0, 0.05) is 19.8 Å². The number of carbonyl (C=O) groups is 2. The molecule has 3 nitrogen and oxygen atoms in total. The Kier molecular flexibility index (Phi) is 13.6. The molecule has 3 heteroatoms. The third kappa shape index (κ3) is 12.5. The van der Waals surface area contributed by atoms with Crippen LogP contribution in [-0.2, 0) is 14.3 Å². The summed E-state index contributed by atoms with van der Waals surface area (Å²) in [4.78, 5) is 24.3. The van der Waals surface area contributed by atoms with E-state index in [2.05, 4.69) is 65.0 Å². The summed E-state index contributed by atoms with van der Waals surface area (Å²) in [7, 11) is 0. The first-order chi connectivity index (χ1) is 17.4. The van der Waals surface area contributed by atoms with Crippen LogP contribution in [0, 0.1) is 5.41 Å². The molecule has 0 aromatic rings. The molecule has 0 aromatic heterocycles. The molecule has 0 amide bonds. The Morgan fingerprint density at radius 3 is 1.86 bits per heavy atom. The van der Waals surface area contributed by atoms with Crippen molar-refractivity contribution in [2.75, 3.05) is 0 Å². The molecule has 0 aliphatic heterocycles. The van der Waals surface area contributed by atoms with E-state index >= 15 is 0 Å². The van der Waals surface area contributed by atoms with E-state index < -0.39 is 0 Å². The van der Waals surface area contributed by atoms with Crippen molar-refractivity contribution in [1.82, 2.24) is 0 Å². The maximum atomic E-state index is 12.9. The first kappa shape index (κ1) is 31.8. The molecule has 0 saturated carbocycles. The van der Waals surface area contributed by atoms with Gasteiger partial charge in [0.25, 0.3) is 0 Å². The molecule has 1 rings (SSSR count). The van der Waals surface area contributed by atoms with E-state index in [-0.39, 0.29) is 23.3 Å². The van der Waals surface area contributed by atoms with Gasteiger partial charge in [-0.2, -0.15) is 0 Å². The quantitative estimate of drug-likeness (QED) is 0.122. The monoisotopic (exact) mass is 502 g/mol. The molecule has 0 bridgehead atoms. The topological polar surface area (TPSA) is 43.4 Å². The molecule has 1 aliphatic rings. The Morgan fingerprint density at radius 2 is 1.35 bits per heavy atom. The van der Waals surface area contributed by atoms with Gasteiger partial charge in [-0.1, -0.05) is 115 Å². The molecule has 200 valence electrons. The lowest BCUT2D eigenvalue weighted by Gasteiger charge is -2.38. The second kappa shape index (κ2) is 15.8. The maximum Gasteiger partial charge on any atom is 0.302 e. The Morgan fingerprint density at radius 1 is 0.838 bits per heavy atom. The number of hydrogen-bond acceptors (Lipinski definition) is 3. The summed E-state index contributed by atoms with van der Waals surface area (Å²) < 4.78 is 5.45. The van der Waals surface area contributed by atoms with E-state index in [1.165, 1.54) is 23.6 Å². The smallest absolute Gasteiger partial charge is 0.302 e. The van der Waals surface area contributed by atoms with Crippen LogP contribution in [0.25, 0.3) is 0 Å². The lowest BCUT2D eigenvalue weighted by atomic mass is 9.69. The molecular weight excluding hydrogens is 456 g/mol. The summed E-state index contributed by atoms with van der Waals surface area (Å²) in [5.74, 6) is -0.120. The van der Waals surface area contributed by atoms with Crippen molar-refractivity contribution in [2.24, 2.45) is 5.41 Å². The summed E-state index contributed by atoms with van der Waals surface area (Å²) in [6, 6.07) is 0. The van der Waals surface area contributed by atoms with Gasteiger partial charge in [-0.3, -0.25) is 9.59 Å². The Hall–Kier alpha value is -3.20. The molecule has 0 fully saturated rings. The van der Waals surface area contributed by atoms with Crippen molar-refractivity contribution in [3.05, 3.63) is 106 Å². The van der Waals surface area contributed by atoms with Crippen molar-refractivity contribution in [2.45, 2.75) is 87.7 Å². The van der Waals surface area contributed by atoms with Crippen LogP contribution in [0.5, 0.6) is 0 Å². The van der Waals surface area contributed by atoms with E-state index in [4.69, 9.17) is 4.74 Å². The average Bonchev–Trinajstić information content (AvgIpc) is 2.78. The maximum absolute atomic E-state index is 12.9. The number of allylic oxidation sites excluding steroid dienone is 17. The van der Waals surface area contributed by atoms with Crippen molar-refractivity contribution in [3.8, 4) is 0 Å². The number of ether oxygens (including phenoxy) is 1. The van der Waals surface area contributed by atoms with Crippen LogP contribution in [0.3, 0.4) is 0 Å². The van der Waals surface area contributed by atoms with E-state index in [1.807, 2.05) is 63.3 Å². The van der Waals surface area contributed by atoms with E-state index in [1.54, 1.807) is 0 Å². The second-order valence-electron chi connectivity index (χ2n) is 10.6. The number of hydrogen-bond donors (Lipinski definition) is 0. The van der Waals surface area contributed by atoms with Crippen LogP contribution >= 0.6 is 0 Å². The molecule has 1 aliphatic carbocycles. The Balaban J connectivity index is 2.73. The highest BCUT2D eigenvalue weighted by molar-refractivity contribution is 5.96. The molecule has 0 saturated heterocycles. The normalized spacial score (nSPS) is 20.2. The molecule has 0 radical (unpaired) electrons. The van der Waals surface area contributed by atoms with Gasteiger partial charge < -0.3 is 4.74 Å². The molecule has 0 N–H and O–H groups in total. The summed E-state index contributed by atoms with van der Waals surface area (Å²) in [6.07, 6.45) is 26.1. The molecule has 0 aromatic carbocycles. The van der Waals surface area contributed by atoms with Crippen molar-refractivity contribution in [3.63, 3.8) is 0 Å². The molecule has 1 atom stereocenters. The lowest BCUT2D eigenvalue weighted by molar-refractivity contribution is -0.147. The average molecular weight is 503 g/mol. The molecular formula is C34H46O3. The van der Waals surface area contributed by atoms with Gasteiger partial charge in [-0.05, 0) is 59.0 Å². The van der Waals surface area contributed by atoms with Gasteiger partial charge in [0.15, 0.2) is 5.78 Å². The van der Waals surface area contributed by atoms with Gasteiger partial charge in [0.2, 0.25) is 0 Å². The van der Waals surface area contributed by atoms with E-state index in [9.17, 15) is 9.59 Å². The minimum Gasteiger partial charge on any atom is -0.462 e. The van der Waals surface area contributed by atoms with Gasteiger partial charge in [0.1, 0.15) is 6.10 Å². The fraction of sp³-hybridized carbons (Fsp3) is 0.412. The largest absolute Gasteiger partial charge is 0.462 e. The van der Waals surface area contributed by atoms with Crippen LogP contribution in [0.15, 0.2) is 106 Å². The predicted octanol–water partition coefficient (Wildman–Crippen LogP) is 9.04. The first-order valence-corrected chi connectivity index (χ1v) is 13.1. The standard InChI is InChI=1S/C34H46O3/c1-10-15-25(2)18-13-19-26(3)16-11-12-17-27(4)20-14-21-28(5)33(36)23-32-29(6)22-31(37-30(7)35)24-34(32,8)9/h10-21,31H,22-24H2,1-9H3/b12-11+,15-10+,19-13+,20-14+,25-18+,26-16+,27-17+,28-21+. The summed E-state index contributed by atoms with van der Waals surface area (Å²) >= 11 is 0. The number of carbonyl (C=O) groups excluding carboxylic acids is 2. The minimum absolute atomic E-state index is 0.111. The first-order valence-electron chi connectivity index (χ1n) is 13.1. The number of rotatable bonds is 11. The number of ketones is 1. The SMILES string of the molecule is C/C=C/C(C)=C/C=C/C(C)=C/C=C/C=C(C)/C=C/C=C(\C)C(=O)CC1=C(C)CC(OC(C)=O)CC1(C)C. The van der Waals surface area contributed by atoms with Crippen molar-refractivity contribution >= 4 is 11.8 Å². The third-order valence-electron chi connectivity index (χ3n) is 6.40. The minimum atomic E-state index is -0.249. The predicted molar refractivity (Wildman–Crippen MR) is 158 cm³/mol. The van der Waals surface area contributed by atoms with Gasteiger partial charge in [-0.15, -0.1) is 0 Å².